The van der Waals surface area contributed by atoms with Gasteiger partial charge in [-0.2, -0.15) is 0 Å². The monoisotopic (exact) mass is 252 g/mol. The van der Waals surface area contributed by atoms with Crippen molar-refractivity contribution in [3.63, 3.8) is 0 Å². The van der Waals surface area contributed by atoms with Gasteiger partial charge >= 0.3 is 0 Å². The van der Waals surface area contributed by atoms with Gasteiger partial charge < -0.3 is 16.2 Å². The molecule has 0 unspecified atom stereocenters. The van der Waals surface area contributed by atoms with Crippen LogP contribution in [0.3, 0.4) is 0 Å². The lowest BCUT2D eigenvalue weighted by Gasteiger charge is -2.25. The topological polar surface area (TPSA) is 84.1 Å². The molecule has 0 aliphatic rings. The third-order valence-electron chi connectivity index (χ3n) is 3.02. The summed E-state index contributed by atoms with van der Waals surface area (Å²) in [4.78, 5) is 8.29. The lowest BCUT2D eigenvalue weighted by molar-refractivity contribution is 0.220. The Labute approximate surface area is 109 Å². The van der Waals surface area contributed by atoms with Crippen molar-refractivity contribution in [3.8, 4) is 0 Å². The Morgan fingerprint density at radius 3 is 2.61 bits per heavy atom. The number of hydrogen-bond acceptors (Lipinski definition) is 5. The third kappa shape index (κ3) is 3.84. The van der Waals surface area contributed by atoms with Gasteiger partial charge in [-0.05, 0) is 17.8 Å². The summed E-state index contributed by atoms with van der Waals surface area (Å²) in [5, 5.41) is 12.3. The number of hydrogen-bond donors (Lipinski definition) is 3. The van der Waals surface area contributed by atoms with Crippen molar-refractivity contribution >= 4 is 11.6 Å². The number of aliphatic hydroxyl groups is 1. The van der Waals surface area contributed by atoms with Gasteiger partial charge in [0.15, 0.2) is 0 Å². The molecule has 0 spiro atoms. The lowest BCUT2D eigenvalue weighted by Crippen LogP contribution is -2.25. The molecule has 102 valence electrons. The summed E-state index contributed by atoms with van der Waals surface area (Å²) in [6.07, 6.45) is 2.22. The first-order chi connectivity index (χ1) is 8.37. The second-order valence-electron chi connectivity index (χ2n) is 5.67. The largest absolute Gasteiger partial charge is 0.396 e. The van der Waals surface area contributed by atoms with E-state index in [9.17, 15) is 0 Å². The van der Waals surface area contributed by atoms with Crippen molar-refractivity contribution in [1.82, 2.24) is 9.97 Å². The quantitative estimate of drug-likeness (QED) is 0.721. The van der Waals surface area contributed by atoms with Gasteiger partial charge in [0.05, 0.1) is 0 Å². The fourth-order valence-corrected chi connectivity index (χ4v) is 1.83. The van der Waals surface area contributed by atoms with E-state index in [1.54, 1.807) is 0 Å². The molecule has 5 heteroatoms. The van der Waals surface area contributed by atoms with E-state index in [2.05, 4.69) is 43.0 Å². The highest BCUT2D eigenvalue weighted by Crippen LogP contribution is 2.28. The molecule has 0 fully saturated rings. The van der Waals surface area contributed by atoms with E-state index in [0.717, 1.165) is 24.3 Å². The zero-order chi connectivity index (χ0) is 13.8. The van der Waals surface area contributed by atoms with Crippen LogP contribution in [-0.2, 0) is 0 Å². The van der Waals surface area contributed by atoms with Crippen LogP contribution in [0, 0.1) is 5.41 Å². The Balaban J connectivity index is 2.82. The molecular weight excluding hydrogens is 228 g/mol. The summed E-state index contributed by atoms with van der Waals surface area (Å²) in [6, 6.07) is 0. The molecule has 0 radical (unpaired) electrons. The second kappa shape index (κ2) is 6.00. The smallest absolute Gasteiger partial charge is 0.134 e. The zero-order valence-electron chi connectivity index (χ0n) is 11.7. The molecule has 0 saturated carbocycles. The number of aliphatic hydroxyl groups excluding tert-OH is 1. The van der Waals surface area contributed by atoms with Crippen LogP contribution in [0.1, 0.15) is 45.6 Å². The van der Waals surface area contributed by atoms with E-state index in [-0.39, 0.29) is 17.9 Å². The van der Waals surface area contributed by atoms with Gasteiger partial charge in [-0.25, -0.2) is 9.97 Å². The van der Waals surface area contributed by atoms with Gasteiger partial charge in [-0.3, -0.25) is 0 Å². The van der Waals surface area contributed by atoms with Crippen molar-refractivity contribution in [2.75, 3.05) is 24.2 Å². The number of anilines is 2. The fraction of sp³-hybridized carbons (Fsp3) is 0.692. The first kappa shape index (κ1) is 14.7. The maximum atomic E-state index is 9.01. The summed E-state index contributed by atoms with van der Waals surface area (Å²) >= 11 is 0. The minimum Gasteiger partial charge on any atom is -0.396 e. The summed E-state index contributed by atoms with van der Waals surface area (Å²) in [6.45, 7) is 9.28. The van der Waals surface area contributed by atoms with Gasteiger partial charge in [0.1, 0.15) is 18.0 Å². The third-order valence-corrected chi connectivity index (χ3v) is 3.02. The number of rotatable bonds is 6. The van der Waals surface area contributed by atoms with Crippen molar-refractivity contribution < 1.29 is 5.11 Å². The molecule has 1 aromatic rings. The summed E-state index contributed by atoms with van der Waals surface area (Å²) in [5.74, 6) is 1.60. The standard InChI is InChI=1S/C13H24N4O/c1-9(2)10-11(14)16-8-17-12(10)15-7-13(3,4)5-6-18/h8-9,18H,5-7H2,1-4H3,(H3,14,15,16,17). The molecule has 0 saturated heterocycles. The molecule has 0 amide bonds. The number of nitrogens with one attached hydrogen (secondary N) is 1. The van der Waals surface area contributed by atoms with Crippen LogP contribution in [0.15, 0.2) is 6.33 Å². The van der Waals surface area contributed by atoms with Crippen LogP contribution in [0.2, 0.25) is 0 Å². The molecule has 5 nitrogen and oxygen atoms in total. The lowest BCUT2D eigenvalue weighted by atomic mass is 9.89. The average molecular weight is 252 g/mol. The molecule has 4 N–H and O–H groups in total. The highest BCUT2D eigenvalue weighted by atomic mass is 16.3. The molecule has 1 heterocycles. The Morgan fingerprint density at radius 1 is 1.39 bits per heavy atom. The fourth-order valence-electron chi connectivity index (χ4n) is 1.83. The van der Waals surface area contributed by atoms with Gasteiger partial charge in [0.2, 0.25) is 0 Å². The average Bonchev–Trinajstić information content (AvgIpc) is 2.26. The molecule has 0 aliphatic heterocycles. The molecule has 1 rings (SSSR count). The predicted molar refractivity (Wildman–Crippen MR) is 74.5 cm³/mol. The van der Waals surface area contributed by atoms with Crippen molar-refractivity contribution in [3.05, 3.63) is 11.9 Å². The molecule has 18 heavy (non-hydrogen) atoms. The molecule has 0 aliphatic carbocycles. The minimum atomic E-state index is 0.0166. The van der Waals surface area contributed by atoms with Gasteiger partial charge in [0, 0.05) is 18.7 Å². The van der Waals surface area contributed by atoms with Crippen molar-refractivity contribution in [1.29, 1.82) is 0 Å². The van der Waals surface area contributed by atoms with Crippen LogP contribution in [0.25, 0.3) is 0 Å². The summed E-state index contributed by atoms with van der Waals surface area (Å²) in [5.41, 5.74) is 6.86. The van der Waals surface area contributed by atoms with E-state index in [0.29, 0.717) is 5.82 Å². The maximum absolute atomic E-state index is 9.01. The first-order valence-corrected chi connectivity index (χ1v) is 6.32. The number of nitrogen functional groups attached to an aromatic ring is 1. The summed E-state index contributed by atoms with van der Waals surface area (Å²) in [7, 11) is 0. The molecule has 0 atom stereocenters. The van der Waals surface area contributed by atoms with Gasteiger partial charge in [-0.15, -0.1) is 0 Å². The maximum Gasteiger partial charge on any atom is 0.134 e. The Kier molecular flexibility index (Phi) is 4.90. The normalized spacial score (nSPS) is 11.9. The molecular formula is C13H24N4O. The van der Waals surface area contributed by atoms with Crippen LogP contribution in [0.5, 0.6) is 0 Å². The first-order valence-electron chi connectivity index (χ1n) is 6.32. The van der Waals surface area contributed by atoms with Crippen LogP contribution in [0.4, 0.5) is 11.6 Å². The SMILES string of the molecule is CC(C)c1c(N)ncnc1NCC(C)(C)CCO. The van der Waals surface area contributed by atoms with E-state index < -0.39 is 0 Å². The summed E-state index contributed by atoms with van der Waals surface area (Å²) < 4.78 is 0. The van der Waals surface area contributed by atoms with Gasteiger partial charge in [0.25, 0.3) is 0 Å². The number of aromatic nitrogens is 2. The Morgan fingerprint density at radius 2 is 2.06 bits per heavy atom. The van der Waals surface area contributed by atoms with Crippen LogP contribution < -0.4 is 11.1 Å². The number of nitrogens with zero attached hydrogens (tertiary/aromatic N) is 2. The van der Waals surface area contributed by atoms with E-state index in [1.807, 2.05) is 0 Å². The highest BCUT2D eigenvalue weighted by molar-refractivity contribution is 5.56. The highest BCUT2D eigenvalue weighted by Gasteiger charge is 2.19. The molecule has 0 bridgehead atoms. The zero-order valence-corrected chi connectivity index (χ0v) is 11.7. The second-order valence-corrected chi connectivity index (χ2v) is 5.67. The van der Waals surface area contributed by atoms with Gasteiger partial charge in [-0.1, -0.05) is 27.7 Å². The number of nitrogens with two attached hydrogens (primary N) is 1. The predicted octanol–water partition coefficient (Wildman–Crippen LogP) is 2.00. The Bertz CT molecular complexity index is 391. The van der Waals surface area contributed by atoms with Crippen LogP contribution >= 0.6 is 0 Å². The molecule has 1 aromatic heterocycles. The molecule has 0 aromatic carbocycles. The van der Waals surface area contributed by atoms with Crippen molar-refractivity contribution in [2.24, 2.45) is 5.41 Å². The Hall–Kier alpha value is -1.36. The van der Waals surface area contributed by atoms with E-state index >= 15 is 0 Å². The van der Waals surface area contributed by atoms with E-state index in [4.69, 9.17) is 10.8 Å². The minimum absolute atomic E-state index is 0.0166. The van der Waals surface area contributed by atoms with Crippen molar-refractivity contribution in [2.45, 2.75) is 40.0 Å². The van der Waals surface area contributed by atoms with E-state index in [1.165, 1.54) is 6.33 Å². The van der Waals surface area contributed by atoms with Crippen LogP contribution in [-0.4, -0.2) is 28.2 Å².